The lowest BCUT2D eigenvalue weighted by atomic mass is 9.77. The first-order valence-electron chi connectivity index (χ1n) is 6.10. The van der Waals surface area contributed by atoms with E-state index in [1.807, 2.05) is 11.3 Å². The van der Waals surface area contributed by atoms with Crippen molar-refractivity contribution in [2.75, 3.05) is 6.54 Å². The largest absolute Gasteiger partial charge is 0.310 e. The van der Waals surface area contributed by atoms with E-state index in [1.165, 1.54) is 30.6 Å². The van der Waals surface area contributed by atoms with Gasteiger partial charge in [0.2, 0.25) is 0 Å². The van der Waals surface area contributed by atoms with Gasteiger partial charge in [0.25, 0.3) is 0 Å². The second kappa shape index (κ2) is 5.13. The Balaban J connectivity index is 2.07. The molecule has 0 aliphatic heterocycles. The molecular weight excluding hydrogens is 202 g/mol. The molecule has 1 aromatic heterocycles. The maximum Gasteiger partial charge on any atom is 0.0359 e. The summed E-state index contributed by atoms with van der Waals surface area (Å²) in [5, 5.41) is 5.95. The van der Waals surface area contributed by atoms with Crippen LogP contribution in [0.15, 0.2) is 11.4 Å². The number of rotatable bonds is 5. The van der Waals surface area contributed by atoms with Gasteiger partial charge in [-0.15, -0.1) is 11.3 Å². The minimum absolute atomic E-state index is 0.630. The summed E-state index contributed by atoms with van der Waals surface area (Å²) in [5.41, 5.74) is 1.55. The van der Waals surface area contributed by atoms with E-state index >= 15 is 0 Å². The van der Waals surface area contributed by atoms with Crippen molar-refractivity contribution in [1.29, 1.82) is 0 Å². The summed E-state index contributed by atoms with van der Waals surface area (Å²) in [5.74, 6) is 0.893. The van der Waals surface area contributed by atoms with Gasteiger partial charge in [0.05, 0.1) is 0 Å². The highest BCUT2D eigenvalue weighted by atomic mass is 32.1. The van der Waals surface area contributed by atoms with E-state index in [1.54, 1.807) is 5.56 Å². The minimum atomic E-state index is 0.630. The van der Waals surface area contributed by atoms with Crippen LogP contribution in [0.25, 0.3) is 0 Å². The third kappa shape index (κ3) is 2.43. The van der Waals surface area contributed by atoms with Gasteiger partial charge in [-0.05, 0) is 55.7 Å². The van der Waals surface area contributed by atoms with Gasteiger partial charge in [-0.25, -0.2) is 0 Å². The molecule has 0 aromatic carbocycles. The van der Waals surface area contributed by atoms with Gasteiger partial charge in [-0.3, -0.25) is 0 Å². The predicted octanol–water partition coefficient (Wildman–Crippen LogP) is 3.90. The normalized spacial score (nSPS) is 18.8. The van der Waals surface area contributed by atoms with Crippen LogP contribution in [0.4, 0.5) is 0 Å². The molecule has 0 radical (unpaired) electrons. The molecule has 0 saturated heterocycles. The van der Waals surface area contributed by atoms with Crippen LogP contribution < -0.4 is 5.32 Å². The van der Waals surface area contributed by atoms with Crippen molar-refractivity contribution in [3.63, 3.8) is 0 Å². The van der Waals surface area contributed by atoms with Crippen LogP contribution in [0.3, 0.4) is 0 Å². The number of hydrogen-bond acceptors (Lipinski definition) is 2. The Kier molecular flexibility index (Phi) is 3.81. The van der Waals surface area contributed by atoms with Crippen molar-refractivity contribution >= 4 is 11.3 Å². The Morgan fingerprint density at radius 1 is 1.53 bits per heavy atom. The summed E-state index contributed by atoms with van der Waals surface area (Å²) in [6.07, 6.45) is 5.48. The Morgan fingerprint density at radius 2 is 2.33 bits per heavy atom. The molecule has 15 heavy (non-hydrogen) atoms. The zero-order valence-corrected chi connectivity index (χ0v) is 10.6. The van der Waals surface area contributed by atoms with E-state index in [0.717, 1.165) is 12.5 Å². The second-order valence-corrected chi connectivity index (χ2v) is 5.68. The fourth-order valence-electron chi connectivity index (χ4n) is 2.32. The van der Waals surface area contributed by atoms with Crippen LogP contribution in [0.1, 0.15) is 49.1 Å². The fraction of sp³-hybridized carbons (Fsp3) is 0.692. The summed E-state index contributed by atoms with van der Waals surface area (Å²) in [6.45, 7) is 5.64. The highest BCUT2D eigenvalue weighted by Gasteiger charge is 2.29. The summed E-state index contributed by atoms with van der Waals surface area (Å²) >= 11 is 1.88. The Bertz CT molecular complexity index is 301. The maximum atomic E-state index is 3.72. The molecule has 1 aromatic rings. The van der Waals surface area contributed by atoms with Crippen molar-refractivity contribution in [3.05, 3.63) is 21.9 Å². The summed E-state index contributed by atoms with van der Waals surface area (Å²) < 4.78 is 0. The monoisotopic (exact) mass is 223 g/mol. The third-order valence-corrected chi connectivity index (χ3v) is 4.33. The van der Waals surface area contributed by atoms with Crippen LogP contribution >= 0.6 is 11.3 Å². The average molecular weight is 223 g/mol. The highest BCUT2D eigenvalue weighted by Crippen LogP contribution is 2.39. The Morgan fingerprint density at radius 3 is 2.80 bits per heavy atom. The van der Waals surface area contributed by atoms with Crippen LogP contribution in [0.2, 0.25) is 0 Å². The molecule has 1 heterocycles. The van der Waals surface area contributed by atoms with Crippen molar-refractivity contribution in [3.8, 4) is 0 Å². The molecule has 1 aliphatic rings. The summed E-state index contributed by atoms with van der Waals surface area (Å²) in [4.78, 5) is 1.50. The predicted molar refractivity (Wildman–Crippen MR) is 67.4 cm³/mol. The molecule has 0 bridgehead atoms. The zero-order chi connectivity index (χ0) is 10.7. The first kappa shape index (κ1) is 11.2. The number of aryl methyl sites for hydroxylation is 1. The van der Waals surface area contributed by atoms with Crippen molar-refractivity contribution in [1.82, 2.24) is 5.32 Å². The molecule has 0 amide bonds. The van der Waals surface area contributed by atoms with Crippen LogP contribution in [-0.2, 0) is 0 Å². The van der Waals surface area contributed by atoms with Gasteiger partial charge in [0, 0.05) is 10.9 Å². The van der Waals surface area contributed by atoms with E-state index in [9.17, 15) is 0 Å². The van der Waals surface area contributed by atoms with E-state index in [0.29, 0.717) is 6.04 Å². The van der Waals surface area contributed by atoms with E-state index in [2.05, 4.69) is 30.6 Å². The van der Waals surface area contributed by atoms with E-state index < -0.39 is 0 Å². The van der Waals surface area contributed by atoms with Gasteiger partial charge < -0.3 is 5.32 Å². The standard InChI is InChI=1S/C13H21NS/c1-3-8-14-13(11-5-4-6-11)12-7-9-15-10(12)2/h7,9,11,13-14H,3-6,8H2,1-2H3. The molecular formula is C13H21NS. The third-order valence-electron chi connectivity index (χ3n) is 3.47. The second-order valence-electron chi connectivity index (χ2n) is 4.55. The molecule has 2 rings (SSSR count). The molecule has 1 N–H and O–H groups in total. The van der Waals surface area contributed by atoms with Crippen molar-refractivity contribution < 1.29 is 0 Å². The van der Waals surface area contributed by atoms with Gasteiger partial charge in [-0.1, -0.05) is 13.3 Å². The first-order valence-corrected chi connectivity index (χ1v) is 6.98. The molecule has 2 heteroatoms. The van der Waals surface area contributed by atoms with Gasteiger partial charge in [0.15, 0.2) is 0 Å². The smallest absolute Gasteiger partial charge is 0.0359 e. The number of nitrogens with one attached hydrogen (secondary N) is 1. The molecule has 1 nitrogen and oxygen atoms in total. The maximum absolute atomic E-state index is 3.72. The molecule has 0 spiro atoms. The highest BCUT2D eigenvalue weighted by molar-refractivity contribution is 7.10. The van der Waals surface area contributed by atoms with Crippen LogP contribution in [0.5, 0.6) is 0 Å². The average Bonchev–Trinajstić information content (AvgIpc) is 2.55. The molecule has 1 fully saturated rings. The zero-order valence-electron chi connectivity index (χ0n) is 9.75. The van der Waals surface area contributed by atoms with E-state index in [4.69, 9.17) is 0 Å². The molecule has 1 unspecified atom stereocenters. The lowest BCUT2D eigenvalue weighted by Gasteiger charge is -2.34. The van der Waals surface area contributed by atoms with Gasteiger partial charge in [0.1, 0.15) is 0 Å². The molecule has 1 aliphatic carbocycles. The Hall–Kier alpha value is -0.340. The topological polar surface area (TPSA) is 12.0 Å². The van der Waals surface area contributed by atoms with Crippen molar-refractivity contribution in [2.45, 2.75) is 45.6 Å². The molecule has 84 valence electrons. The molecule has 1 atom stereocenters. The minimum Gasteiger partial charge on any atom is -0.310 e. The van der Waals surface area contributed by atoms with Gasteiger partial charge in [-0.2, -0.15) is 0 Å². The lowest BCUT2D eigenvalue weighted by molar-refractivity contribution is 0.231. The first-order chi connectivity index (χ1) is 7.33. The summed E-state index contributed by atoms with van der Waals surface area (Å²) in [7, 11) is 0. The van der Waals surface area contributed by atoms with Gasteiger partial charge >= 0.3 is 0 Å². The number of hydrogen-bond donors (Lipinski definition) is 1. The quantitative estimate of drug-likeness (QED) is 0.798. The molecule has 1 saturated carbocycles. The van der Waals surface area contributed by atoms with E-state index in [-0.39, 0.29) is 0 Å². The Labute approximate surface area is 96.9 Å². The van der Waals surface area contributed by atoms with Crippen LogP contribution in [0, 0.1) is 12.8 Å². The number of thiophene rings is 1. The van der Waals surface area contributed by atoms with Crippen LogP contribution in [-0.4, -0.2) is 6.54 Å². The van der Waals surface area contributed by atoms with Crippen molar-refractivity contribution in [2.24, 2.45) is 5.92 Å². The summed E-state index contributed by atoms with van der Waals surface area (Å²) in [6, 6.07) is 2.94. The SMILES string of the molecule is CCCNC(c1ccsc1C)C1CCC1. The fourth-order valence-corrected chi connectivity index (χ4v) is 3.07. The lowest BCUT2D eigenvalue weighted by Crippen LogP contribution is -2.32.